The molecule has 5 heteroatoms. The molecule has 0 aliphatic heterocycles. The van der Waals surface area contributed by atoms with Gasteiger partial charge in [-0.25, -0.2) is 4.79 Å². The molecule has 0 fully saturated rings. The zero-order valence-corrected chi connectivity index (χ0v) is 15.7. The highest BCUT2D eigenvalue weighted by Gasteiger charge is 2.09. The highest BCUT2D eigenvalue weighted by atomic mass is 16.5. The average molecular weight is 359 g/mol. The fraction of sp³-hybridized carbons (Fsp3) is 0.476. The SMILES string of the molecule is CCCCC(=O)/C=C\C(=O)CCC[C@H](C)NC(=O)OCc1ccccc1. The maximum Gasteiger partial charge on any atom is 0.407 e. The highest BCUT2D eigenvalue weighted by molar-refractivity contribution is 5.98. The number of hydrogen-bond donors (Lipinski definition) is 1. The lowest BCUT2D eigenvalue weighted by Crippen LogP contribution is -2.33. The highest BCUT2D eigenvalue weighted by Crippen LogP contribution is 2.05. The van der Waals surface area contributed by atoms with Gasteiger partial charge in [-0.15, -0.1) is 0 Å². The quantitative estimate of drug-likeness (QED) is 0.563. The molecule has 26 heavy (non-hydrogen) atoms. The number of alkyl carbamates (subject to hydrolysis) is 1. The van der Waals surface area contributed by atoms with Crippen LogP contribution in [0.1, 0.15) is 57.9 Å². The summed E-state index contributed by atoms with van der Waals surface area (Å²) in [6, 6.07) is 9.39. The third kappa shape index (κ3) is 10.4. The van der Waals surface area contributed by atoms with Crippen LogP contribution in [0.25, 0.3) is 0 Å². The molecule has 1 aromatic carbocycles. The minimum absolute atomic E-state index is 0.00334. The van der Waals surface area contributed by atoms with Crippen molar-refractivity contribution in [3.05, 3.63) is 48.0 Å². The van der Waals surface area contributed by atoms with Gasteiger partial charge in [-0.2, -0.15) is 0 Å². The number of nitrogens with one attached hydrogen (secondary N) is 1. The van der Waals surface area contributed by atoms with Gasteiger partial charge in [0.25, 0.3) is 0 Å². The van der Waals surface area contributed by atoms with Crippen LogP contribution in [-0.2, 0) is 20.9 Å². The standard InChI is InChI=1S/C21H29NO4/c1-3-4-12-19(23)14-15-20(24)13-8-9-17(2)22-21(25)26-16-18-10-6-5-7-11-18/h5-7,10-11,14-15,17H,3-4,8-9,12-13,16H2,1-2H3,(H,22,25)/b15-14-/t17-/m0/s1. The number of benzene rings is 1. The first-order valence-corrected chi connectivity index (χ1v) is 9.22. The zero-order valence-electron chi connectivity index (χ0n) is 15.7. The Kier molecular flexibility index (Phi) is 10.7. The molecule has 0 aliphatic carbocycles. The van der Waals surface area contributed by atoms with Gasteiger partial charge in [-0.3, -0.25) is 9.59 Å². The minimum Gasteiger partial charge on any atom is -0.445 e. The molecule has 0 spiro atoms. The normalized spacial score (nSPS) is 11.9. The van der Waals surface area contributed by atoms with Crippen molar-refractivity contribution in [2.24, 2.45) is 0 Å². The largest absolute Gasteiger partial charge is 0.445 e. The molecule has 0 aromatic heterocycles. The van der Waals surface area contributed by atoms with Gasteiger partial charge in [0.05, 0.1) is 0 Å². The molecule has 142 valence electrons. The predicted molar refractivity (Wildman–Crippen MR) is 102 cm³/mol. The van der Waals surface area contributed by atoms with Crippen LogP contribution in [0.5, 0.6) is 0 Å². The molecule has 5 nitrogen and oxygen atoms in total. The van der Waals surface area contributed by atoms with Gasteiger partial charge >= 0.3 is 6.09 Å². The first-order chi connectivity index (χ1) is 12.5. The van der Waals surface area contributed by atoms with Crippen LogP contribution in [-0.4, -0.2) is 23.7 Å². The summed E-state index contributed by atoms with van der Waals surface area (Å²) in [7, 11) is 0. The van der Waals surface area contributed by atoms with Crippen molar-refractivity contribution in [2.45, 2.75) is 65.0 Å². The van der Waals surface area contributed by atoms with Crippen molar-refractivity contribution in [3.8, 4) is 0 Å². The smallest absolute Gasteiger partial charge is 0.407 e. The summed E-state index contributed by atoms with van der Waals surface area (Å²) >= 11 is 0. The molecular weight excluding hydrogens is 330 g/mol. The zero-order chi connectivity index (χ0) is 19.2. The molecule has 1 rings (SSSR count). The average Bonchev–Trinajstić information content (AvgIpc) is 2.63. The van der Waals surface area contributed by atoms with Crippen LogP contribution in [0.15, 0.2) is 42.5 Å². The van der Waals surface area contributed by atoms with Crippen LogP contribution >= 0.6 is 0 Å². The summed E-state index contributed by atoms with van der Waals surface area (Å²) in [5, 5.41) is 2.75. The Morgan fingerprint density at radius 2 is 1.65 bits per heavy atom. The summed E-state index contributed by atoms with van der Waals surface area (Å²) in [5.41, 5.74) is 0.932. The molecule has 1 amide bonds. The number of hydrogen-bond acceptors (Lipinski definition) is 4. The van der Waals surface area contributed by atoms with Gasteiger partial charge in [-0.05, 0) is 43.9 Å². The van der Waals surface area contributed by atoms with E-state index in [9.17, 15) is 14.4 Å². The van der Waals surface area contributed by atoms with E-state index in [0.717, 1.165) is 18.4 Å². The van der Waals surface area contributed by atoms with Crippen LogP contribution in [0, 0.1) is 0 Å². The molecule has 0 saturated heterocycles. The van der Waals surface area contributed by atoms with E-state index in [0.29, 0.717) is 25.7 Å². The van der Waals surface area contributed by atoms with Gasteiger partial charge in [0.2, 0.25) is 0 Å². The van der Waals surface area contributed by atoms with Crippen molar-refractivity contribution in [3.63, 3.8) is 0 Å². The van der Waals surface area contributed by atoms with Gasteiger partial charge in [0.1, 0.15) is 6.61 Å². The Hall–Kier alpha value is -2.43. The van der Waals surface area contributed by atoms with Crippen LogP contribution < -0.4 is 5.32 Å². The molecule has 0 bridgehead atoms. The Bertz CT molecular complexity index is 595. The lowest BCUT2D eigenvalue weighted by molar-refractivity contribution is -0.116. The Balaban J connectivity index is 2.16. The number of ketones is 2. The van der Waals surface area contributed by atoms with E-state index >= 15 is 0 Å². The third-order valence-electron chi connectivity index (χ3n) is 3.87. The van der Waals surface area contributed by atoms with E-state index in [-0.39, 0.29) is 24.2 Å². The van der Waals surface area contributed by atoms with Crippen molar-refractivity contribution in [2.75, 3.05) is 0 Å². The first kappa shape index (κ1) is 21.6. The van der Waals surface area contributed by atoms with E-state index in [1.807, 2.05) is 44.2 Å². The molecule has 1 atom stereocenters. The molecule has 1 N–H and O–H groups in total. The van der Waals surface area contributed by atoms with Gasteiger partial charge in [0.15, 0.2) is 11.6 Å². The van der Waals surface area contributed by atoms with Crippen LogP contribution in [0.2, 0.25) is 0 Å². The number of carbonyl (C=O) groups excluding carboxylic acids is 3. The van der Waals surface area contributed by atoms with E-state index in [1.165, 1.54) is 12.2 Å². The van der Waals surface area contributed by atoms with E-state index in [2.05, 4.69) is 5.32 Å². The molecular formula is C21H29NO4. The van der Waals surface area contributed by atoms with Crippen molar-refractivity contribution < 1.29 is 19.1 Å². The van der Waals surface area contributed by atoms with Crippen molar-refractivity contribution in [1.82, 2.24) is 5.32 Å². The summed E-state index contributed by atoms with van der Waals surface area (Å²) in [6.45, 7) is 4.13. The summed E-state index contributed by atoms with van der Waals surface area (Å²) < 4.78 is 5.16. The van der Waals surface area contributed by atoms with Gasteiger partial charge in [-0.1, -0.05) is 43.7 Å². The Morgan fingerprint density at radius 1 is 1.04 bits per heavy atom. The molecule has 1 aromatic rings. The monoisotopic (exact) mass is 359 g/mol. The lowest BCUT2D eigenvalue weighted by atomic mass is 10.1. The van der Waals surface area contributed by atoms with E-state index in [1.54, 1.807) is 0 Å². The number of amides is 1. The number of unbranched alkanes of at least 4 members (excludes halogenated alkanes) is 1. The fourth-order valence-electron chi connectivity index (χ4n) is 2.32. The van der Waals surface area contributed by atoms with Crippen LogP contribution in [0.4, 0.5) is 4.79 Å². The van der Waals surface area contributed by atoms with E-state index < -0.39 is 6.09 Å². The summed E-state index contributed by atoms with van der Waals surface area (Å²) in [6.07, 6.45) is 6.26. The maximum atomic E-state index is 11.7. The number of carbonyl (C=O) groups is 3. The van der Waals surface area contributed by atoms with Gasteiger partial charge in [0, 0.05) is 18.9 Å². The number of rotatable bonds is 12. The minimum atomic E-state index is -0.464. The van der Waals surface area contributed by atoms with Gasteiger partial charge < -0.3 is 10.1 Å². The third-order valence-corrected chi connectivity index (χ3v) is 3.87. The Labute approximate surface area is 155 Å². The second-order valence-corrected chi connectivity index (χ2v) is 6.37. The molecule has 0 heterocycles. The second-order valence-electron chi connectivity index (χ2n) is 6.37. The lowest BCUT2D eigenvalue weighted by Gasteiger charge is -2.13. The maximum absolute atomic E-state index is 11.7. The molecule has 0 saturated carbocycles. The summed E-state index contributed by atoms with van der Waals surface area (Å²) in [4.78, 5) is 34.9. The fourth-order valence-corrected chi connectivity index (χ4v) is 2.32. The topological polar surface area (TPSA) is 72.5 Å². The van der Waals surface area contributed by atoms with Crippen LogP contribution in [0.3, 0.4) is 0 Å². The van der Waals surface area contributed by atoms with Crippen molar-refractivity contribution >= 4 is 17.7 Å². The summed E-state index contributed by atoms with van der Waals surface area (Å²) in [5.74, 6) is -0.0647. The number of ether oxygens (including phenoxy) is 1. The first-order valence-electron chi connectivity index (χ1n) is 9.22. The molecule has 0 radical (unpaired) electrons. The molecule has 0 unspecified atom stereocenters. The molecule has 0 aliphatic rings. The number of allylic oxidation sites excluding steroid dienone is 2. The van der Waals surface area contributed by atoms with Crippen molar-refractivity contribution in [1.29, 1.82) is 0 Å². The van der Waals surface area contributed by atoms with E-state index in [4.69, 9.17) is 4.74 Å². The Morgan fingerprint density at radius 3 is 2.27 bits per heavy atom. The predicted octanol–water partition coefficient (Wildman–Crippen LogP) is 4.36. The second kappa shape index (κ2) is 12.9.